The zero-order valence-corrected chi connectivity index (χ0v) is 17.7. The summed E-state index contributed by atoms with van der Waals surface area (Å²) in [5, 5.41) is 2.81. The molecule has 0 heterocycles. The van der Waals surface area contributed by atoms with E-state index in [1.807, 2.05) is 19.1 Å². The van der Waals surface area contributed by atoms with Gasteiger partial charge in [0.05, 0.1) is 11.9 Å². The van der Waals surface area contributed by atoms with Crippen LogP contribution in [0.4, 0.5) is 11.4 Å². The van der Waals surface area contributed by atoms with E-state index in [0.717, 1.165) is 12.0 Å². The van der Waals surface area contributed by atoms with Crippen LogP contribution in [0, 0.1) is 0 Å². The van der Waals surface area contributed by atoms with Crippen LogP contribution < -0.4 is 14.4 Å². The minimum absolute atomic E-state index is 0.167. The van der Waals surface area contributed by atoms with Gasteiger partial charge in [0.15, 0.2) is 0 Å². The first-order valence-electron chi connectivity index (χ1n) is 9.53. The Labute approximate surface area is 173 Å². The Morgan fingerprint density at radius 3 is 2.34 bits per heavy atom. The van der Waals surface area contributed by atoms with Gasteiger partial charge in [-0.3, -0.25) is 9.10 Å². The van der Waals surface area contributed by atoms with Crippen molar-refractivity contribution in [2.75, 3.05) is 29.0 Å². The molecule has 1 N–H and O–H groups in total. The first kappa shape index (κ1) is 22.5. The highest BCUT2D eigenvalue weighted by Gasteiger charge is 2.17. The SMILES string of the molecule is C=CCOc1ccc(NC(=O)CCCN(c2ccc(CC)cc2)S(C)(=O)=O)cc1. The number of aryl methyl sites for hydroxylation is 1. The summed E-state index contributed by atoms with van der Waals surface area (Å²) in [6.45, 7) is 6.30. The molecular formula is C22H28N2O4S. The van der Waals surface area contributed by atoms with Crippen LogP contribution in [-0.4, -0.2) is 33.7 Å². The normalized spacial score (nSPS) is 11.0. The number of ether oxygens (including phenoxy) is 1. The number of sulfonamides is 1. The Hall–Kier alpha value is -2.80. The number of hydrogen-bond acceptors (Lipinski definition) is 4. The number of benzene rings is 2. The summed E-state index contributed by atoms with van der Waals surface area (Å²) < 4.78 is 31.1. The van der Waals surface area contributed by atoms with Gasteiger partial charge in [-0.15, -0.1) is 0 Å². The monoisotopic (exact) mass is 416 g/mol. The largest absolute Gasteiger partial charge is 0.490 e. The molecule has 0 radical (unpaired) electrons. The molecular weight excluding hydrogens is 388 g/mol. The van der Waals surface area contributed by atoms with Gasteiger partial charge in [0.25, 0.3) is 0 Å². The molecule has 2 aromatic carbocycles. The third-order valence-electron chi connectivity index (χ3n) is 4.30. The molecule has 0 saturated carbocycles. The number of amides is 1. The molecule has 0 saturated heterocycles. The van der Waals surface area contributed by atoms with E-state index in [4.69, 9.17) is 4.74 Å². The summed E-state index contributed by atoms with van der Waals surface area (Å²) >= 11 is 0. The van der Waals surface area contributed by atoms with Crippen molar-refractivity contribution in [3.8, 4) is 5.75 Å². The van der Waals surface area contributed by atoms with Crippen molar-refractivity contribution in [1.29, 1.82) is 0 Å². The van der Waals surface area contributed by atoms with Crippen molar-refractivity contribution in [2.45, 2.75) is 26.2 Å². The summed E-state index contributed by atoms with van der Waals surface area (Å²) in [7, 11) is -3.43. The Balaban J connectivity index is 1.89. The van der Waals surface area contributed by atoms with Crippen molar-refractivity contribution in [1.82, 2.24) is 0 Å². The van der Waals surface area contributed by atoms with Gasteiger partial charge in [0.2, 0.25) is 15.9 Å². The lowest BCUT2D eigenvalue weighted by Gasteiger charge is -2.22. The average Bonchev–Trinajstić information content (AvgIpc) is 2.70. The fourth-order valence-electron chi connectivity index (χ4n) is 2.78. The third kappa shape index (κ3) is 7.27. The van der Waals surface area contributed by atoms with Crippen LogP contribution in [0.5, 0.6) is 5.75 Å². The van der Waals surface area contributed by atoms with Crippen LogP contribution in [0.2, 0.25) is 0 Å². The Morgan fingerprint density at radius 2 is 1.79 bits per heavy atom. The number of nitrogens with zero attached hydrogens (tertiary/aromatic N) is 1. The van der Waals surface area contributed by atoms with Crippen LogP contribution in [0.3, 0.4) is 0 Å². The van der Waals surface area contributed by atoms with Gasteiger partial charge in [0.1, 0.15) is 12.4 Å². The number of anilines is 2. The Kier molecular flexibility index (Phi) is 8.27. The first-order chi connectivity index (χ1) is 13.8. The van der Waals surface area contributed by atoms with Crippen molar-refractivity contribution < 1.29 is 17.9 Å². The maximum Gasteiger partial charge on any atom is 0.232 e. The summed E-state index contributed by atoms with van der Waals surface area (Å²) in [6, 6.07) is 14.5. The Bertz CT molecular complexity index is 907. The number of carbonyl (C=O) groups is 1. The van der Waals surface area contributed by atoms with Crippen LogP contribution >= 0.6 is 0 Å². The molecule has 0 aromatic heterocycles. The lowest BCUT2D eigenvalue weighted by molar-refractivity contribution is -0.116. The minimum atomic E-state index is -3.43. The Morgan fingerprint density at radius 1 is 1.14 bits per heavy atom. The molecule has 0 spiro atoms. The first-order valence-corrected chi connectivity index (χ1v) is 11.4. The van der Waals surface area contributed by atoms with Crippen molar-refractivity contribution >= 4 is 27.3 Å². The fraction of sp³-hybridized carbons (Fsp3) is 0.318. The zero-order valence-electron chi connectivity index (χ0n) is 16.9. The van der Waals surface area contributed by atoms with Gasteiger partial charge >= 0.3 is 0 Å². The van der Waals surface area contributed by atoms with Crippen LogP contribution in [0.1, 0.15) is 25.3 Å². The van der Waals surface area contributed by atoms with E-state index >= 15 is 0 Å². The molecule has 0 bridgehead atoms. The van der Waals surface area contributed by atoms with Gasteiger partial charge in [-0.1, -0.05) is 31.7 Å². The van der Waals surface area contributed by atoms with Crippen molar-refractivity contribution in [3.05, 3.63) is 66.7 Å². The van der Waals surface area contributed by atoms with Crippen molar-refractivity contribution in [3.63, 3.8) is 0 Å². The summed E-state index contributed by atoms with van der Waals surface area (Å²) in [4.78, 5) is 12.2. The van der Waals surface area contributed by atoms with Crippen LogP contribution in [0.25, 0.3) is 0 Å². The van der Waals surface area contributed by atoms with Gasteiger partial charge in [-0.2, -0.15) is 0 Å². The smallest absolute Gasteiger partial charge is 0.232 e. The topological polar surface area (TPSA) is 75.7 Å². The molecule has 2 rings (SSSR count). The molecule has 0 aliphatic carbocycles. The molecule has 0 fully saturated rings. The highest BCUT2D eigenvalue weighted by Crippen LogP contribution is 2.20. The van der Waals surface area contributed by atoms with Gasteiger partial charge in [0, 0.05) is 18.7 Å². The molecule has 2 aromatic rings. The second-order valence-corrected chi connectivity index (χ2v) is 8.54. The van der Waals surface area contributed by atoms with Gasteiger partial charge < -0.3 is 10.1 Å². The second-order valence-electron chi connectivity index (χ2n) is 6.63. The average molecular weight is 417 g/mol. The minimum Gasteiger partial charge on any atom is -0.490 e. The molecule has 7 heteroatoms. The van der Waals surface area contributed by atoms with E-state index in [2.05, 4.69) is 11.9 Å². The quantitative estimate of drug-likeness (QED) is 0.562. The van der Waals surface area contributed by atoms with E-state index < -0.39 is 10.0 Å². The number of rotatable bonds is 11. The van der Waals surface area contributed by atoms with E-state index in [9.17, 15) is 13.2 Å². The highest BCUT2D eigenvalue weighted by molar-refractivity contribution is 7.92. The van der Waals surface area contributed by atoms with E-state index in [1.165, 1.54) is 10.6 Å². The molecule has 0 aliphatic heterocycles. The van der Waals surface area contributed by atoms with E-state index in [0.29, 0.717) is 30.2 Å². The molecule has 29 heavy (non-hydrogen) atoms. The van der Waals surface area contributed by atoms with Crippen LogP contribution in [0.15, 0.2) is 61.2 Å². The third-order valence-corrected chi connectivity index (χ3v) is 5.50. The molecule has 0 aliphatic rings. The molecule has 156 valence electrons. The molecule has 0 atom stereocenters. The summed E-state index contributed by atoms with van der Waals surface area (Å²) in [5.74, 6) is 0.528. The predicted molar refractivity (Wildman–Crippen MR) is 118 cm³/mol. The summed E-state index contributed by atoms with van der Waals surface area (Å²) in [5.41, 5.74) is 2.42. The van der Waals surface area contributed by atoms with Crippen LogP contribution in [-0.2, 0) is 21.2 Å². The molecule has 6 nitrogen and oxygen atoms in total. The fourth-order valence-corrected chi connectivity index (χ4v) is 3.75. The van der Waals surface area contributed by atoms with E-state index in [1.54, 1.807) is 42.5 Å². The van der Waals surface area contributed by atoms with Gasteiger partial charge in [-0.25, -0.2) is 8.42 Å². The number of nitrogens with one attached hydrogen (secondary N) is 1. The lowest BCUT2D eigenvalue weighted by Crippen LogP contribution is -2.31. The highest BCUT2D eigenvalue weighted by atomic mass is 32.2. The molecule has 1 amide bonds. The molecule has 0 unspecified atom stereocenters. The standard InChI is InChI=1S/C22H28N2O4S/c1-4-17-28-21-14-10-19(11-15-21)23-22(25)7-6-16-24(29(3,26)27)20-12-8-18(5-2)9-13-20/h4,8-15H,1,5-7,16-17H2,2-3H3,(H,23,25). The predicted octanol–water partition coefficient (Wildman–Crippen LogP) is 4.00. The summed E-state index contributed by atoms with van der Waals surface area (Å²) in [6.07, 6.45) is 4.36. The number of carbonyl (C=O) groups excluding carboxylic acids is 1. The van der Waals surface area contributed by atoms with Crippen molar-refractivity contribution in [2.24, 2.45) is 0 Å². The van der Waals surface area contributed by atoms with E-state index in [-0.39, 0.29) is 18.9 Å². The zero-order chi connectivity index (χ0) is 21.3. The lowest BCUT2D eigenvalue weighted by atomic mass is 10.1. The maximum absolute atomic E-state index is 12.2. The van der Waals surface area contributed by atoms with Gasteiger partial charge in [-0.05, 0) is 54.8 Å². The second kappa shape index (κ2) is 10.7. The maximum atomic E-state index is 12.2. The number of hydrogen-bond donors (Lipinski definition) is 1.